The van der Waals surface area contributed by atoms with E-state index in [1.807, 2.05) is 45.0 Å². The molecular weight excluding hydrogens is 416 g/mol. The third kappa shape index (κ3) is 4.22. The molecule has 3 aromatic rings. The average Bonchev–Trinajstić information content (AvgIpc) is 3.02. The highest BCUT2D eigenvalue weighted by molar-refractivity contribution is 7.89. The molecule has 0 radical (unpaired) electrons. The molecule has 0 aliphatic rings. The zero-order valence-electron chi connectivity index (χ0n) is 16.0. The Balaban J connectivity index is 1.87. The maximum atomic E-state index is 12.9. The summed E-state index contributed by atoms with van der Waals surface area (Å²) < 4.78 is 33.7. The normalized spacial score (nSPS) is 11.6. The van der Waals surface area contributed by atoms with E-state index in [2.05, 4.69) is 9.71 Å². The first-order chi connectivity index (χ1) is 13.2. The molecule has 0 amide bonds. The third-order valence-electron chi connectivity index (χ3n) is 4.49. The molecule has 28 heavy (non-hydrogen) atoms. The van der Waals surface area contributed by atoms with E-state index in [-0.39, 0.29) is 11.4 Å². The van der Waals surface area contributed by atoms with Crippen LogP contribution in [0, 0.1) is 20.8 Å². The van der Waals surface area contributed by atoms with Crippen LogP contribution in [-0.2, 0) is 16.6 Å². The Morgan fingerprint density at radius 1 is 1.14 bits per heavy atom. The lowest BCUT2D eigenvalue weighted by molar-refractivity contribution is 0.402. The Morgan fingerprint density at radius 2 is 1.82 bits per heavy atom. The molecule has 5 nitrogen and oxygen atoms in total. The van der Waals surface area contributed by atoms with Crippen LogP contribution in [0.3, 0.4) is 0 Å². The monoisotopic (exact) mass is 436 g/mol. The SMILES string of the molecule is COc1cc(C)c(C)cc1S(=O)(=O)NCc1sc(-c2ccccc2Cl)nc1C. The first kappa shape index (κ1) is 20.8. The van der Waals surface area contributed by atoms with Crippen molar-refractivity contribution in [3.05, 3.63) is 63.1 Å². The van der Waals surface area contributed by atoms with Gasteiger partial charge in [0.15, 0.2) is 0 Å². The average molecular weight is 437 g/mol. The minimum absolute atomic E-state index is 0.131. The summed E-state index contributed by atoms with van der Waals surface area (Å²) in [7, 11) is -2.28. The predicted octanol–water partition coefficient (Wildman–Crippen LogP) is 4.88. The van der Waals surface area contributed by atoms with Crippen LogP contribution in [0.4, 0.5) is 0 Å². The zero-order valence-corrected chi connectivity index (χ0v) is 18.4. The van der Waals surface area contributed by atoms with Crippen molar-refractivity contribution in [1.82, 2.24) is 9.71 Å². The van der Waals surface area contributed by atoms with Crippen LogP contribution in [0.1, 0.15) is 21.7 Å². The van der Waals surface area contributed by atoms with Crippen LogP contribution in [0.15, 0.2) is 41.3 Å². The molecule has 8 heteroatoms. The smallest absolute Gasteiger partial charge is 0.244 e. The summed E-state index contributed by atoms with van der Waals surface area (Å²) in [6, 6.07) is 10.8. The van der Waals surface area contributed by atoms with E-state index >= 15 is 0 Å². The van der Waals surface area contributed by atoms with E-state index in [0.717, 1.165) is 32.3 Å². The third-order valence-corrected chi connectivity index (χ3v) is 7.43. The van der Waals surface area contributed by atoms with E-state index in [1.165, 1.54) is 18.4 Å². The lowest BCUT2D eigenvalue weighted by Gasteiger charge is -2.13. The fraction of sp³-hybridized carbons (Fsp3) is 0.250. The molecule has 2 aromatic carbocycles. The molecule has 0 saturated carbocycles. The number of aryl methyl sites for hydroxylation is 3. The quantitative estimate of drug-likeness (QED) is 0.598. The second-order valence-electron chi connectivity index (χ2n) is 6.42. The van der Waals surface area contributed by atoms with Gasteiger partial charge in [0.1, 0.15) is 15.7 Å². The maximum absolute atomic E-state index is 12.9. The molecule has 0 spiro atoms. The van der Waals surface area contributed by atoms with Crippen molar-refractivity contribution in [3.8, 4) is 16.3 Å². The molecule has 1 aromatic heterocycles. The number of hydrogen-bond donors (Lipinski definition) is 1. The molecule has 0 saturated heterocycles. The summed E-state index contributed by atoms with van der Waals surface area (Å²) in [6.07, 6.45) is 0. The Hall–Kier alpha value is -1.93. The number of ether oxygens (including phenoxy) is 1. The minimum Gasteiger partial charge on any atom is -0.495 e. The van der Waals surface area contributed by atoms with Gasteiger partial charge in [-0.25, -0.2) is 18.1 Å². The van der Waals surface area contributed by atoms with Crippen molar-refractivity contribution in [2.75, 3.05) is 7.11 Å². The second kappa shape index (κ2) is 8.21. The van der Waals surface area contributed by atoms with Crippen molar-refractivity contribution in [1.29, 1.82) is 0 Å². The Labute approximate surface area is 174 Å². The number of thiazole rings is 1. The van der Waals surface area contributed by atoms with E-state index in [0.29, 0.717) is 10.8 Å². The van der Waals surface area contributed by atoms with Gasteiger partial charge >= 0.3 is 0 Å². The van der Waals surface area contributed by atoms with Crippen molar-refractivity contribution in [3.63, 3.8) is 0 Å². The topological polar surface area (TPSA) is 68.3 Å². The van der Waals surface area contributed by atoms with Gasteiger partial charge in [0.2, 0.25) is 10.0 Å². The van der Waals surface area contributed by atoms with E-state index in [4.69, 9.17) is 16.3 Å². The predicted molar refractivity (Wildman–Crippen MR) is 114 cm³/mol. The highest BCUT2D eigenvalue weighted by atomic mass is 35.5. The van der Waals surface area contributed by atoms with Crippen molar-refractivity contribution >= 4 is 33.0 Å². The lowest BCUT2D eigenvalue weighted by atomic mass is 10.1. The maximum Gasteiger partial charge on any atom is 0.244 e. The van der Waals surface area contributed by atoms with E-state index in [9.17, 15) is 8.42 Å². The summed E-state index contributed by atoms with van der Waals surface area (Å²) in [5.74, 6) is 0.327. The lowest BCUT2D eigenvalue weighted by Crippen LogP contribution is -2.24. The summed E-state index contributed by atoms with van der Waals surface area (Å²) >= 11 is 7.68. The number of nitrogens with one attached hydrogen (secondary N) is 1. The van der Waals surface area contributed by atoms with Crippen LogP contribution in [-0.4, -0.2) is 20.5 Å². The van der Waals surface area contributed by atoms with Crippen molar-refractivity contribution in [2.24, 2.45) is 0 Å². The number of aromatic nitrogens is 1. The molecule has 0 aliphatic heterocycles. The summed E-state index contributed by atoms with van der Waals surface area (Å²) in [5, 5.41) is 1.38. The first-order valence-corrected chi connectivity index (χ1v) is 11.3. The van der Waals surface area contributed by atoms with E-state index < -0.39 is 10.0 Å². The Kier molecular flexibility index (Phi) is 6.09. The largest absolute Gasteiger partial charge is 0.495 e. The van der Waals surface area contributed by atoms with Crippen LogP contribution in [0.2, 0.25) is 5.02 Å². The zero-order chi connectivity index (χ0) is 20.5. The molecule has 1 heterocycles. The molecule has 0 unspecified atom stereocenters. The van der Waals surface area contributed by atoms with Crippen molar-refractivity contribution < 1.29 is 13.2 Å². The van der Waals surface area contributed by atoms with Gasteiger partial charge in [0, 0.05) is 17.0 Å². The van der Waals surface area contributed by atoms with Crippen LogP contribution in [0.5, 0.6) is 5.75 Å². The Bertz CT molecular complexity index is 1120. The number of hydrogen-bond acceptors (Lipinski definition) is 5. The number of halogens is 1. The van der Waals surface area contributed by atoms with Gasteiger partial charge in [-0.05, 0) is 50.1 Å². The second-order valence-corrected chi connectivity index (χ2v) is 9.65. The molecule has 0 fully saturated rings. The number of sulfonamides is 1. The van der Waals surface area contributed by atoms with Crippen LogP contribution >= 0.6 is 22.9 Å². The molecular formula is C20H21ClN2O3S2. The molecule has 0 atom stereocenters. The van der Waals surface area contributed by atoms with Crippen molar-refractivity contribution in [2.45, 2.75) is 32.2 Å². The minimum atomic E-state index is -3.74. The van der Waals surface area contributed by atoms with Gasteiger partial charge in [0.05, 0.1) is 17.8 Å². The van der Waals surface area contributed by atoms with Crippen LogP contribution in [0.25, 0.3) is 10.6 Å². The molecule has 148 valence electrons. The molecule has 0 aliphatic carbocycles. The van der Waals surface area contributed by atoms with Gasteiger partial charge < -0.3 is 4.74 Å². The number of methoxy groups -OCH3 is 1. The fourth-order valence-electron chi connectivity index (χ4n) is 2.71. The first-order valence-electron chi connectivity index (χ1n) is 8.59. The highest BCUT2D eigenvalue weighted by Gasteiger charge is 2.22. The number of rotatable bonds is 6. The summed E-state index contributed by atoms with van der Waals surface area (Å²) in [6.45, 7) is 5.79. The van der Waals surface area contributed by atoms with Gasteiger partial charge in [-0.3, -0.25) is 0 Å². The van der Waals surface area contributed by atoms with Gasteiger partial charge in [-0.15, -0.1) is 11.3 Å². The van der Waals surface area contributed by atoms with Crippen LogP contribution < -0.4 is 9.46 Å². The standard InChI is InChI=1S/C20H21ClN2O3S2/c1-12-9-17(26-4)19(10-13(12)2)28(24,25)22-11-18-14(3)23-20(27-18)15-7-5-6-8-16(15)21/h5-10,22H,11H2,1-4H3. The number of nitrogens with zero attached hydrogens (tertiary/aromatic N) is 1. The molecule has 3 rings (SSSR count). The van der Waals surface area contributed by atoms with Gasteiger partial charge in [0.25, 0.3) is 0 Å². The highest BCUT2D eigenvalue weighted by Crippen LogP contribution is 2.33. The van der Waals surface area contributed by atoms with E-state index in [1.54, 1.807) is 12.1 Å². The summed E-state index contributed by atoms with van der Waals surface area (Å²) in [5.41, 5.74) is 3.46. The summed E-state index contributed by atoms with van der Waals surface area (Å²) in [4.78, 5) is 5.51. The van der Waals surface area contributed by atoms with Gasteiger partial charge in [-0.1, -0.05) is 29.8 Å². The van der Waals surface area contributed by atoms with Gasteiger partial charge in [-0.2, -0.15) is 0 Å². The molecule has 1 N–H and O–H groups in total. The Morgan fingerprint density at radius 3 is 2.50 bits per heavy atom. The fourth-order valence-corrected chi connectivity index (χ4v) is 5.36. The number of benzene rings is 2. The molecule has 0 bridgehead atoms.